The largest absolute Gasteiger partial charge is 0.337 e. The van der Waals surface area contributed by atoms with Gasteiger partial charge in [0, 0.05) is 25.7 Å². The number of sulfonamides is 1. The Balaban J connectivity index is 2.07. The Morgan fingerprint density at radius 1 is 1.04 bits per heavy atom. The Kier molecular flexibility index (Phi) is 6.33. The van der Waals surface area contributed by atoms with Crippen molar-refractivity contribution >= 4 is 15.9 Å². The van der Waals surface area contributed by atoms with Gasteiger partial charge in [0.2, 0.25) is 10.0 Å². The summed E-state index contributed by atoms with van der Waals surface area (Å²) in [5, 5.41) is 0. The van der Waals surface area contributed by atoms with Crippen molar-refractivity contribution in [1.82, 2.24) is 9.62 Å². The molecule has 134 valence electrons. The first-order valence-corrected chi connectivity index (χ1v) is 9.67. The Labute approximate surface area is 149 Å². The lowest BCUT2D eigenvalue weighted by Crippen LogP contribution is -2.28. The van der Waals surface area contributed by atoms with E-state index in [0.717, 1.165) is 5.56 Å². The quantitative estimate of drug-likeness (QED) is 0.826. The van der Waals surface area contributed by atoms with Crippen molar-refractivity contribution < 1.29 is 13.2 Å². The second-order valence-corrected chi connectivity index (χ2v) is 8.18. The summed E-state index contributed by atoms with van der Waals surface area (Å²) in [6.07, 6.45) is 0. The van der Waals surface area contributed by atoms with Crippen molar-refractivity contribution in [2.24, 2.45) is 5.92 Å². The van der Waals surface area contributed by atoms with E-state index >= 15 is 0 Å². The molecule has 0 bridgehead atoms. The van der Waals surface area contributed by atoms with Crippen molar-refractivity contribution in [2.75, 3.05) is 13.6 Å². The van der Waals surface area contributed by atoms with E-state index in [4.69, 9.17) is 0 Å². The van der Waals surface area contributed by atoms with E-state index in [2.05, 4.69) is 4.72 Å². The number of hydrogen-bond acceptors (Lipinski definition) is 3. The highest BCUT2D eigenvalue weighted by molar-refractivity contribution is 7.89. The maximum absolute atomic E-state index is 12.5. The fourth-order valence-corrected chi connectivity index (χ4v) is 3.50. The van der Waals surface area contributed by atoms with Crippen molar-refractivity contribution in [3.63, 3.8) is 0 Å². The molecule has 0 atom stereocenters. The van der Waals surface area contributed by atoms with E-state index in [-0.39, 0.29) is 16.7 Å². The Bertz CT molecular complexity index is 800. The molecule has 0 unspecified atom stereocenters. The van der Waals surface area contributed by atoms with Crippen LogP contribution in [-0.4, -0.2) is 32.8 Å². The fraction of sp³-hybridized carbons (Fsp3) is 0.316. The highest BCUT2D eigenvalue weighted by Crippen LogP contribution is 2.13. The normalized spacial score (nSPS) is 11.5. The molecule has 0 spiro atoms. The lowest BCUT2D eigenvalue weighted by Gasteiger charge is -2.17. The molecule has 1 N–H and O–H groups in total. The number of amides is 1. The molecule has 0 heterocycles. The van der Waals surface area contributed by atoms with Gasteiger partial charge >= 0.3 is 0 Å². The van der Waals surface area contributed by atoms with Crippen LogP contribution in [0.15, 0.2) is 59.5 Å². The second kappa shape index (κ2) is 8.27. The van der Waals surface area contributed by atoms with Crippen LogP contribution in [0.2, 0.25) is 0 Å². The summed E-state index contributed by atoms with van der Waals surface area (Å²) in [6.45, 7) is 4.75. The summed E-state index contributed by atoms with van der Waals surface area (Å²) < 4.78 is 26.9. The number of benzene rings is 2. The molecule has 2 rings (SSSR count). The van der Waals surface area contributed by atoms with Crippen molar-refractivity contribution in [3.05, 3.63) is 65.7 Å². The topological polar surface area (TPSA) is 66.5 Å². The molecule has 0 aliphatic heterocycles. The average molecular weight is 360 g/mol. The van der Waals surface area contributed by atoms with E-state index in [1.165, 1.54) is 12.1 Å². The van der Waals surface area contributed by atoms with Gasteiger partial charge in [-0.2, -0.15) is 0 Å². The van der Waals surface area contributed by atoms with Crippen LogP contribution in [-0.2, 0) is 16.6 Å². The average Bonchev–Trinajstić information content (AvgIpc) is 2.60. The lowest BCUT2D eigenvalue weighted by atomic mass is 10.1. The molecule has 6 heteroatoms. The zero-order chi connectivity index (χ0) is 18.4. The summed E-state index contributed by atoms with van der Waals surface area (Å²) in [4.78, 5) is 14.3. The van der Waals surface area contributed by atoms with E-state index in [1.807, 2.05) is 44.2 Å². The predicted molar refractivity (Wildman–Crippen MR) is 98.7 cm³/mol. The highest BCUT2D eigenvalue weighted by atomic mass is 32.2. The molecular weight excluding hydrogens is 336 g/mol. The van der Waals surface area contributed by atoms with Gasteiger partial charge in [0.05, 0.1) is 4.90 Å². The minimum absolute atomic E-state index is 0.150. The first kappa shape index (κ1) is 19.1. The molecule has 0 aromatic heterocycles. The third-order valence-electron chi connectivity index (χ3n) is 3.70. The number of rotatable bonds is 7. The van der Waals surface area contributed by atoms with E-state index < -0.39 is 10.0 Å². The molecule has 2 aromatic carbocycles. The van der Waals surface area contributed by atoms with E-state index in [9.17, 15) is 13.2 Å². The summed E-state index contributed by atoms with van der Waals surface area (Å²) in [5.74, 6) is 0.0743. The van der Waals surface area contributed by atoms with Crippen LogP contribution in [0.3, 0.4) is 0 Å². The maximum Gasteiger partial charge on any atom is 0.253 e. The Hall–Kier alpha value is -2.18. The highest BCUT2D eigenvalue weighted by Gasteiger charge is 2.16. The molecule has 0 saturated heterocycles. The van der Waals surface area contributed by atoms with Crippen LogP contribution in [0, 0.1) is 5.92 Å². The molecule has 0 fully saturated rings. The fourth-order valence-electron chi connectivity index (χ4n) is 2.29. The predicted octanol–water partition coefficient (Wildman–Crippen LogP) is 2.89. The number of nitrogens with one attached hydrogen (secondary N) is 1. The number of nitrogens with zero attached hydrogens (tertiary/aromatic N) is 1. The summed E-state index contributed by atoms with van der Waals surface area (Å²) >= 11 is 0. The van der Waals surface area contributed by atoms with Crippen molar-refractivity contribution in [2.45, 2.75) is 25.3 Å². The summed E-state index contributed by atoms with van der Waals surface area (Å²) in [6, 6.07) is 15.7. The van der Waals surface area contributed by atoms with Gasteiger partial charge in [-0.1, -0.05) is 44.2 Å². The number of carbonyl (C=O) groups excluding carboxylic acids is 1. The van der Waals surface area contributed by atoms with Crippen LogP contribution in [0.4, 0.5) is 0 Å². The van der Waals surface area contributed by atoms with Gasteiger partial charge in [0.15, 0.2) is 0 Å². The summed E-state index contributed by atoms with van der Waals surface area (Å²) in [5.41, 5.74) is 1.50. The minimum Gasteiger partial charge on any atom is -0.337 e. The minimum atomic E-state index is -3.54. The Morgan fingerprint density at radius 3 is 2.20 bits per heavy atom. The molecule has 25 heavy (non-hydrogen) atoms. The molecule has 5 nitrogen and oxygen atoms in total. The van der Waals surface area contributed by atoms with Crippen LogP contribution in [0.1, 0.15) is 29.8 Å². The standard InChI is InChI=1S/C19H24N2O3S/c1-15(2)13-20-25(23,24)18-11-9-17(10-12-18)19(22)21(3)14-16-7-5-4-6-8-16/h4-12,15,20H,13-14H2,1-3H3. The zero-order valence-corrected chi connectivity index (χ0v) is 15.6. The summed E-state index contributed by atoms with van der Waals surface area (Å²) in [7, 11) is -1.82. The van der Waals surface area contributed by atoms with Gasteiger partial charge in [-0.3, -0.25) is 4.79 Å². The first-order valence-electron chi connectivity index (χ1n) is 8.18. The van der Waals surface area contributed by atoms with Gasteiger partial charge in [-0.15, -0.1) is 0 Å². The molecule has 1 amide bonds. The van der Waals surface area contributed by atoms with E-state index in [1.54, 1.807) is 24.1 Å². The van der Waals surface area contributed by atoms with Gasteiger partial charge in [0.25, 0.3) is 5.91 Å². The third kappa shape index (κ3) is 5.41. The maximum atomic E-state index is 12.5. The van der Waals surface area contributed by atoms with Crippen LogP contribution < -0.4 is 4.72 Å². The molecule has 2 aromatic rings. The van der Waals surface area contributed by atoms with Gasteiger partial charge in [-0.05, 0) is 35.7 Å². The van der Waals surface area contributed by atoms with Gasteiger partial charge < -0.3 is 4.90 Å². The Morgan fingerprint density at radius 2 is 1.64 bits per heavy atom. The zero-order valence-electron chi connectivity index (χ0n) is 14.8. The molecule has 0 radical (unpaired) electrons. The van der Waals surface area contributed by atoms with Crippen LogP contribution in [0.5, 0.6) is 0 Å². The lowest BCUT2D eigenvalue weighted by molar-refractivity contribution is 0.0785. The van der Waals surface area contributed by atoms with Gasteiger partial charge in [0.1, 0.15) is 0 Å². The molecule has 0 saturated carbocycles. The van der Waals surface area contributed by atoms with Gasteiger partial charge in [-0.25, -0.2) is 13.1 Å². The number of hydrogen-bond donors (Lipinski definition) is 1. The molecular formula is C19H24N2O3S. The first-order chi connectivity index (χ1) is 11.8. The number of carbonyl (C=O) groups is 1. The SMILES string of the molecule is CC(C)CNS(=O)(=O)c1ccc(C(=O)N(C)Cc2ccccc2)cc1. The van der Waals surface area contributed by atoms with Crippen molar-refractivity contribution in [1.29, 1.82) is 0 Å². The smallest absolute Gasteiger partial charge is 0.253 e. The molecule has 0 aliphatic carbocycles. The third-order valence-corrected chi connectivity index (χ3v) is 5.14. The van der Waals surface area contributed by atoms with Crippen molar-refractivity contribution in [3.8, 4) is 0 Å². The van der Waals surface area contributed by atoms with E-state index in [0.29, 0.717) is 18.7 Å². The molecule has 0 aliphatic rings. The second-order valence-electron chi connectivity index (χ2n) is 6.42. The monoisotopic (exact) mass is 360 g/mol. The van der Waals surface area contributed by atoms with Crippen LogP contribution in [0.25, 0.3) is 0 Å². The van der Waals surface area contributed by atoms with Crippen LogP contribution >= 0.6 is 0 Å².